The molecule has 0 bridgehead atoms. The van der Waals surface area contributed by atoms with Crippen LogP contribution in [0.5, 0.6) is 0 Å². The fraction of sp³-hybridized carbons (Fsp3) is 0.810. The Kier molecular flexibility index (Phi) is 4.09. The summed E-state index contributed by atoms with van der Waals surface area (Å²) in [7, 11) is 0. The van der Waals surface area contributed by atoms with Gasteiger partial charge in [-0.3, -0.25) is 9.59 Å². The number of rotatable bonds is 2. The van der Waals surface area contributed by atoms with Gasteiger partial charge >= 0.3 is 0 Å². The van der Waals surface area contributed by atoms with Crippen LogP contribution in [0.2, 0.25) is 0 Å². The molecule has 0 aliphatic heterocycles. The van der Waals surface area contributed by atoms with Gasteiger partial charge in [0, 0.05) is 17.8 Å². The molecule has 6 atom stereocenters. The van der Waals surface area contributed by atoms with Crippen molar-refractivity contribution in [1.82, 2.24) is 0 Å². The van der Waals surface area contributed by atoms with Gasteiger partial charge in [-0.05, 0) is 62.2 Å². The molecule has 3 aliphatic rings. The fourth-order valence-electron chi connectivity index (χ4n) is 6.33. The average molecular weight is 316 g/mol. The maximum Gasteiger partial charge on any atom is 0.136 e. The Hall–Kier alpha value is -0.920. The minimum atomic E-state index is -0.299. The minimum absolute atomic E-state index is 0.107. The van der Waals surface area contributed by atoms with Crippen molar-refractivity contribution in [2.75, 3.05) is 0 Å². The highest BCUT2D eigenvalue weighted by molar-refractivity contribution is 5.87. The van der Waals surface area contributed by atoms with Crippen molar-refractivity contribution in [3.8, 4) is 0 Å². The third-order valence-electron chi connectivity index (χ3n) is 8.06. The van der Waals surface area contributed by atoms with Crippen molar-refractivity contribution in [1.29, 1.82) is 0 Å². The van der Waals surface area contributed by atoms with E-state index in [0.29, 0.717) is 24.0 Å². The molecule has 2 nitrogen and oxygen atoms in total. The summed E-state index contributed by atoms with van der Waals surface area (Å²) in [6.07, 6.45) is 6.98. The Morgan fingerprint density at radius 3 is 2.57 bits per heavy atom. The lowest BCUT2D eigenvalue weighted by Crippen LogP contribution is -2.57. The second kappa shape index (κ2) is 5.57. The molecule has 0 N–H and O–H groups in total. The molecule has 2 heteroatoms. The number of fused-ring (bicyclic) bond motifs is 3. The maximum atomic E-state index is 13.1. The molecule has 0 heterocycles. The number of allylic oxidation sites excluding steroid dienone is 1. The topological polar surface area (TPSA) is 34.1 Å². The lowest BCUT2D eigenvalue weighted by Gasteiger charge is -2.59. The van der Waals surface area contributed by atoms with Gasteiger partial charge in [-0.25, -0.2) is 0 Å². The first-order chi connectivity index (χ1) is 10.7. The van der Waals surface area contributed by atoms with E-state index in [1.807, 2.05) is 0 Å². The zero-order valence-corrected chi connectivity index (χ0v) is 15.3. The van der Waals surface area contributed by atoms with Crippen LogP contribution in [0, 0.1) is 34.5 Å². The van der Waals surface area contributed by atoms with Crippen molar-refractivity contribution in [2.45, 2.75) is 72.6 Å². The highest BCUT2D eigenvalue weighted by Gasteiger charge is 2.59. The molecular formula is C21H32O2. The minimum Gasteiger partial charge on any atom is -0.299 e. The Morgan fingerprint density at radius 2 is 1.96 bits per heavy atom. The van der Waals surface area contributed by atoms with E-state index in [0.717, 1.165) is 32.1 Å². The van der Waals surface area contributed by atoms with E-state index >= 15 is 0 Å². The van der Waals surface area contributed by atoms with E-state index < -0.39 is 0 Å². The number of carbonyl (C=O) groups excluding carboxylic acids is 2. The van der Waals surface area contributed by atoms with E-state index in [1.54, 1.807) is 6.92 Å². The van der Waals surface area contributed by atoms with Crippen molar-refractivity contribution in [2.24, 2.45) is 34.5 Å². The normalized spacial score (nSPS) is 47.0. The van der Waals surface area contributed by atoms with Gasteiger partial charge in [-0.2, -0.15) is 0 Å². The van der Waals surface area contributed by atoms with Crippen LogP contribution in [-0.2, 0) is 9.59 Å². The smallest absolute Gasteiger partial charge is 0.136 e. The van der Waals surface area contributed by atoms with Gasteiger partial charge in [0.2, 0.25) is 0 Å². The summed E-state index contributed by atoms with van der Waals surface area (Å²) in [6, 6.07) is 0. The fourth-order valence-corrected chi connectivity index (χ4v) is 6.33. The highest BCUT2D eigenvalue weighted by atomic mass is 16.1. The predicted octanol–water partition coefficient (Wildman–Crippen LogP) is 4.97. The maximum absolute atomic E-state index is 13.1. The van der Waals surface area contributed by atoms with Crippen LogP contribution >= 0.6 is 0 Å². The molecule has 0 radical (unpaired) electrons. The van der Waals surface area contributed by atoms with Crippen LogP contribution in [0.3, 0.4) is 0 Å². The summed E-state index contributed by atoms with van der Waals surface area (Å²) in [5.41, 5.74) is 1.30. The lowest BCUT2D eigenvalue weighted by atomic mass is 9.43. The average Bonchev–Trinajstić information content (AvgIpc) is 2.49. The second-order valence-electron chi connectivity index (χ2n) is 8.99. The van der Waals surface area contributed by atoms with Gasteiger partial charge in [0.25, 0.3) is 0 Å². The van der Waals surface area contributed by atoms with Crippen LogP contribution in [0.25, 0.3) is 0 Å². The first-order valence-electron chi connectivity index (χ1n) is 9.44. The Balaban J connectivity index is 1.99. The SMILES string of the molecule is C=C1CC[C@@]2(C)C(C1)CC(=O)C1C2CC[C@](C)(C(C)=O)C1CC. The van der Waals surface area contributed by atoms with Gasteiger partial charge in [0.1, 0.15) is 11.6 Å². The Morgan fingerprint density at radius 1 is 1.26 bits per heavy atom. The largest absolute Gasteiger partial charge is 0.299 e. The van der Waals surface area contributed by atoms with Gasteiger partial charge in [-0.15, -0.1) is 0 Å². The molecule has 128 valence electrons. The molecule has 0 aromatic carbocycles. The van der Waals surface area contributed by atoms with Crippen LogP contribution in [0.15, 0.2) is 12.2 Å². The third-order valence-corrected chi connectivity index (χ3v) is 8.06. The first-order valence-corrected chi connectivity index (χ1v) is 9.44. The van der Waals surface area contributed by atoms with Crippen molar-refractivity contribution < 1.29 is 9.59 Å². The van der Waals surface area contributed by atoms with Crippen LogP contribution in [-0.4, -0.2) is 11.6 Å². The highest BCUT2D eigenvalue weighted by Crippen LogP contribution is 2.63. The van der Waals surface area contributed by atoms with Crippen molar-refractivity contribution in [3.05, 3.63) is 12.2 Å². The molecule has 4 unspecified atom stereocenters. The number of carbonyl (C=O) groups is 2. The van der Waals surface area contributed by atoms with Crippen LogP contribution < -0.4 is 0 Å². The van der Waals surface area contributed by atoms with E-state index in [2.05, 4.69) is 27.4 Å². The zero-order valence-electron chi connectivity index (χ0n) is 15.3. The quantitative estimate of drug-likeness (QED) is 0.674. The number of hydrogen-bond donors (Lipinski definition) is 0. The molecule has 0 saturated heterocycles. The number of hydrogen-bond acceptors (Lipinski definition) is 2. The van der Waals surface area contributed by atoms with E-state index in [4.69, 9.17) is 0 Å². The molecule has 0 aromatic rings. The zero-order chi connectivity index (χ0) is 17.0. The summed E-state index contributed by atoms with van der Waals surface area (Å²) in [6.45, 7) is 12.6. The summed E-state index contributed by atoms with van der Waals surface area (Å²) < 4.78 is 0. The van der Waals surface area contributed by atoms with Gasteiger partial charge in [-0.1, -0.05) is 39.3 Å². The molecule has 0 spiro atoms. The van der Waals surface area contributed by atoms with E-state index in [1.165, 1.54) is 12.0 Å². The first kappa shape index (κ1) is 16.9. The number of Topliss-reactive ketones (excluding diaryl/α,β-unsaturated/α-hetero) is 2. The molecule has 0 aromatic heterocycles. The molecule has 3 fully saturated rings. The van der Waals surface area contributed by atoms with Gasteiger partial charge < -0.3 is 0 Å². The summed E-state index contributed by atoms with van der Waals surface area (Å²) >= 11 is 0. The predicted molar refractivity (Wildman–Crippen MR) is 93.0 cm³/mol. The van der Waals surface area contributed by atoms with Crippen LogP contribution in [0.4, 0.5) is 0 Å². The third kappa shape index (κ3) is 2.36. The molecule has 3 aliphatic carbocycles. The Labute approximate surface area is 141 Å². The molecular weight excluding hydrogens is 284 g/mol. The second-order valence-corrected chi connectivity index (χ2v) is 8.99. The number of ketones is 2. The monoisotopic (exact) mass is 316 g/mol. The molecule has 23 heavy (non-hydrogen) atoms. The lowest BCUT2D eigenvalue weighted by molar-refractivity contribution is -0.159. The molecule has 0 amide bonds. The van der Waals surface area contributed by atoms with Crippen molar-refractivity contribution in [3.63, 3.8) is 0 Å². The standard InChI is InChI=1S/C21H32O2/c1-6-16-19-17(8-10-20(16,4)14(3)22)21(5)9-7-13(2)11-15(21)12-18(19)23/h15-17,19H,2,6-12H2,1,3-5H3/t15?,16?,17?,19?,20-,21+/m1/s1. The van der Waals surface area contributed by atoms with E-state index in [9.17, 15) is 9.59 Å². The summed E-state index contributed by atoms with van der Waals surface area (Å²) in [5, 5.41) is 0. The Bertz CT molecular complexity index is 548. The van der Waals surface area contributed by atoms with E-state index in [-0.39, 0.29) is 28.4 Å². The molecule has 3 saturated carbocycles. The van der Waals surface area contributed by atoms with Gasteiger partial charge in [0.15, 0.2) is 0 Å². The summed E-state index contributed by atoms with van der Waals surface area (Å²) in [5.74, 6) is 2.01. The van der Waals surface area contributed by atoms with Gasteiger partial charge in [0.05, 0.1) is 0 Å². The van der Waals surface area contributed by atoms with Crippen LogP contribution in [0.1, 0.15) is 72.6 Å². The summed E-state index contributed by atoms with van der Waals surface area (Å²) in [4.78, 5) is 25.4. The van der Waals surface area contributed by atoms with Crippen molar-refractivity contribution >= 4 is 11.6 Å². The molecule has 3 rings (SSSR count).